The molecule has 0 aliphatic heterocycles. The van der Waals surface area contributed by atoms with Crippen LogP contribution in [0.1, 0.15) is 18.4 Å². The minimum Gasteiger partial charge on any atom is -0.508 e. The van der Waals surface area contributed by atoms with Gasteiger partial charge in [0.25, 0.3) is 0 Å². The van der Waals surface area contributed by atoms with Crippen LogP contribution in [0.5, 0.6) is 5.75 Å². The number of phenolic OH excluding ortho intramolecular Hbond substituents is 1. The zero-order valence-corrected chi connectivity index (χ0v) is 11.5. The topological polar surface area (TPSA) is 113 Å². The van der Waals surface area contributed by atoms with Crippen molar-refractivity contribution in [3.8, 4) is 5.75 Å². The number of carboxylic acid groups (broad SMARTS) is 1. The highest BCUT2D eigenvalue weighted by atomic mass is 16.5. The van der Waals surface area contributed by atoms with Crippen molar-refractivity contribution in [3.63, 3.8) is 0 Å². The lowest BCUT2D eigenvalue weighted by Crippen LogP contribution is -2.41. The number of carbonyl (C=O) groups excluding carboxylic acids is 2. The fourth-order valence-corrected chi connectivity index (χ4v) is 1.72. The smallest absolute Gasteiger partial charge is 0.326 e. The number of benzene rings is 1. The van der Waals surface area contributed by atoms with Gasteiger partial charge in [-0.3, -0.25) is 9.59 Å². The summed E-state index contributed by atoms with van der Waals surface area (Å²) in [5.41, 5.74) is 0.560. The molecule has 0 aliphatic rings. The molecular formula is C14H17NO6. The SMILES string of the molecule is COC(=O)CCC(NC(=O)Cc1cccc(O)c1)C(=O)O. The lowest BCUT2D eigenvalue weighted by Gasteiger charge is -2.14. The summed E-state index contributed by atoms with van der Waals surface area (Å²) in [6.45, 7) is 0. The maximum Gasteiger partial charge on any atom is 0.326 e. The number of ether oxygens (including phenoxy) is 1. The number of rotatable bonds is 7. The number of esters is 1. The minimum atomic E-state index is -1.22. The van der Waals surface area contributed by atoms with E-state index in [-0.39, 0.29) is 25.0 Å². The zero-order chi connectivity index (χ0) is 15.8. The van der Waals surface area contributed by atoms with Crippen LogP contribution in [-0.2, 0) is 25.5 Å². The van der Waals surface area contributed by atoms with E-state index in [0.717, 1.165) is 0 Å². The Hall–Kier alpha value is -2.57. The monoisotopic (exact) mass is 295 g/mol. The third-order valence-electron chi connectivity index (χ3n) is 2.77. The van der Waals surface area contributed by atoms with Crippen LogP contribution >= 0.6 is 0 Å². The molecule has 0 saturated carbocycles. The molecule has 1 unspecified atom stereocenters. The van der Waals surface area contributed by atoms with E-state index in [1.54, 1.807) is 12.1 Å². The Bertz CT molecular complexity index is 528. The van der Waals surface area contributed by atoms with Gasteiger partial charge in [-0.15, -0.1) is 0 Å². The number of aromatic hydroxyl groups is 1. The Kier molecular flexibility index (Phi) is 6.19. The van der Waals surface area contributed by atoms with Crippen LogP contribution in [0.3, 0.4) is 0 Å². The summed E-state index contributed by atoms with van der Waals surface area (Å²) in [5, 5.41) is 20.6. The number of amides is 1. The lowest BCUT2D eigenvalue weighted by atomic mass is 10.1. The normalized spacial score (nSPS) is 11.5. The largest absolute Gasteiger partial charge is 0.508 e. The maximum atomic E-state index is 11.8. The van der Waals surface area contributed by atoms with Crippen molar-refractivity contribution in [1.29, 1.82) is 0 Å². The van der Waals surface area contributed by atoms with Crippen molar-refractivity contribution in [2.45, 2.75) is 25.3 Å². The van der Waals surface area contributed by atoms with Crippen LogP contribution in [0, 0.1) is 0 Å². The summed E-state index contributed by atoms with van der Waals surface area (Å²) < 4.78 is 4.42. The van der Waals surface area contributed by atoms with Gasteiger partial charge in [-0.25, -0.2) is 4.79 Å². The molecule has 1 amide bonds. The number of carbonyl (C=O) groups is 3. The van der Waals surface area contributed by atoms with Gasteiger partial charge < -0.3 is 20.3 Å². The fraction of sp³-hybridized carbons (Fsp3) is 0.357. The van der Waals surface area contributed by atoms with E-state index >= 15 is 0 Å². The van der Waals surface area contributed by atoms with Gasteiger partial charge in [0.15, 0.2) is 0 Å². The average Bonchev–Trinajstić information content (AvgIpc) is 2.42. The number of nitrogens with one attached hydrogen (secondary N) is 1. The molecule has 21 heavy (non-hydrogen) atoms. The molecule has 7 nitrogen and oxygen atoms in total. The summed E-state index contributed by atoms with van der Waals surface area (Å²) in [6, 6.07) is 4.96. The number of methoxy groups -OCH3 is 1. The van der Waals surface area contributed by atoms with E-state index in [4.69, 9.17) is 5.11 Å². The lowest BCUT2D eigenvalue weighted by molar-refractivity contribution is -0.144. The molecule has 0 saturated heterocycles. The fourth-order valence-electron chi connectivity index (χ4n) is 1.72. The molecule has 1 atom stereocenters. The molecule has 1 rings (SSSR count). The Morgan fingerprint density at radius 1 is 1.33 bits per heavy atom. The van der Waals surface area contributed by atoms with E-state index in [2.05, 4.69) is 10.1 Å². The third kappa shape index (κ3) is 5.94. The number of hydrogen-bond acceptors (Lipinski definition) is 5. The first-order valence-electron chi connectivity index (χ1n) is 6.29. The molecule has 0 spiro atoms. The average molecular weight is 295 g/mol. The number of aliphatic carboxylic acids is 1. The Morgan fingerprint density at radius 2 is 2.05 bits per heavy atom. The molecule has 3 N–H and O–H groups in total. The zero-order valence-electron chi connectivity index (χ0n) is 11.5. The van der Waals surface area contributed by atoms with E-state index in [1.807, 2.05) is 0 Å². The Morgan fingerprint density at radius 3 is 2.62 bits per heavy atom. The first-order valence-corrected chi connectivity index (χ1v) is 6.29. The van der Waals surface area contributed by atoms with Crippen LogP contribution < -0.4 is 5.32 Å². The molecule has 0 aliphatic carbocycles. The van der Waals surface area contributed by atoms with Gasteiger partial charge in [-0.2, -0.15) is 0 Å². The van der Waals surface area contributed by atoms with Crippen molar-refractivity contribution in [3.05, 3.63) is 29.8 Å². The van der Waals surface area contributed by atoms with E-state index in [9.17, 15) is 19.5 Å². The molecule has 1 aromatic carbocycles. The van der Waals surface area contributed by atoms with Gasteiger partial charge in [-0.05, 0) is 24.1 Å². The van der Waals surface area contributed by atoms with Crippen LogP contribution in [0.25, 0.3) is 0 Å². The summed E-state index contributed by atoms with van der Waals surface area (Å²) in [7, 11) is 1.21. The van der Waals surface area contributed by atoms with Crippen molar-refractivity contribution in [1.82, 2.24) is 5.32 Å². The molecule has 0 fully saturated rings. The van der Waals surface area contributed by atoms with Gasteiger partial charge in [0.05, 0.1) is 13.5 Å². The maximum absolute atomic E-state index is 11.8. The van der Waals surface area contributed by atoms with Crippen molar-refractivity contribution < 1.29 is 29.3 Å². The minimum absolute atomic E-state index is 0.0285. The molecule has 0 bridgehead atoms. The predicted molar refractivity (Wildman–Crippen MR) is 72.6 cm³/mol. The number of phenols is 1. The Balaban J connectivity index is 2.56. The molecular weight excluding hydrogens is 278 g/mol. The predicted octanol–water partition coefficient (Wildman–Crippen LogP) is 0.457. The van der Waals surface area contributed by atoms with Crippen LogP contribution in [-0.4, -0.2) is 41.2 Å². The summed E-state index contributed by atoms with van der Waals surface area (Å²) in [4.78, 5) is 33.8. The number of hydrogen-bond donors (Lipinski definition) is 3. The highest BCUT2D eigenvalue weighted by Crippen LogP contribution is 2.11. The first-order chi connectivity index (χ1) is 9.92. The van der Waals surface area contributed by atoms with E-state index < -0.39 is 23.9 Å². The van der Waals surface area contributed by atoms with E-state index in [0.29, 0.717) is 5.56 Å². The van der Waals surface area contributed by atoms with Gasteiger partial charge in [0.1, 0.15) is 11.8 Å². The van der Waals surface area contributed by atoms with Crippen molar-refractivity contribution in [2.24, 2.45) is 0 Å². The van der Waals surface area contributed by atoms with Gasteiger partial charge in [0.2, 0.25) is 5.91 Å². The summed E-state index contributed by atoms with van der Waals surface area (Å²) in [6.07, 6.45) is -0.204. The highest BCUT2D eigenvalue weighted by molar-refractivity contribution is 5.85. The van der Waals surface area contributed by atoms with Crippen LogP contribution in [0.15, 0.2) is 24.3 Å². The molecule has 1 aromatic rings. The van der Waals surface area contributed by atoms with Gasteiger partial charge in [-0.1, -0.05) is 12.1 Å². The standard InChI is InChI=1S/C14H17NO6/c1-21-13(18)6-5-11(14(19)20)15-12(17)8-9-3-2-4-10(16)7-9/h2-4,7,11,16H,5-6,8H2,1H3,(H,15,17)(H,19,20). The van der Waals surface area contributed by atoms with Gasteiger partial charge >= 0.3 is 11.9 Å². The molecule has 114 valence electrons. The Labute approximate surface area is 121 Å². The second-order valence-electron chi connectivity index (χ2n) is 4.42. The second kappa shape index (κ2) is 7.88. The molecule has 0 heterocycles. The van der Waals surface area contributed by atoms with E-state index in [1.165, 1.54) is 19.2 Å². The molecule has 0 aromatic heterocycles. The summed E-state index contributed by atoms with van der Waals surface area (Å²) in [5.74, 6) is -2.23. The van der Waals surface area contributed by atoms with Crippen molar-refractivity contribution >= 4 is 17.8 Å². The molecule has 7 heteroatoms. The van der Waals surface area contributed by atoms with Crippen LogP contribution in [0.2, 0.25) is 0 Å². The molecule has 0 radical (unpaired) electrons. The number of carboxylic acids is 1. The quantitative estimate of drug-likeness (QED) is 0.630. The highest BCUT2D eigenvalue weighted by Gasteiger charge is 2.21. The second-order valence-corrected chi connectivity index (χ2v) is 4.42. The first kappa shape index (κ1) is 16.5. The van der Waals surface area contributed by atoms with Crippen molar-refractivity contribution in [2.75, 3.05) is 7.11 Å². The third-order valence-corrected chi connectivity index (χ3v) is 2.77. The van der Waals surface area contributed by atoms with Crippen LogP contribution in [0.4, 0.5) is 0 Å². The van der Waals surface area contributed by atoms with Gasteiger partial charge in [0, 0.05) is 6.42 Å². The summed E-state index contributed by atoms with van der Waals surface area (Å²) >= 11 is 0.